The van der Waals surface area contributed by atoms with Crippen LogP contribution in [0.2, 0.25) is 0 Å². The number of rotatable bonds is 8. The van der Waals surface area contributed by atoms with Gasteiger partial charge >= 0.3 is 0 Å². The Morgan fingerprint density at radius 3 is 2.42 bits per heavy atom. The first-order chi connectivity index (χ1) is 16.9. The minimum absolute atomic E-state index is 0.101. The third-order valence-corrected chi connectivity index (χ3v) is 7.27. The van der Waals surface area contributed by atoms with E-state index >= 15 is 0 Å². The van der Waals surface area contributed by atoms with Crippen LogP contribution in [0.25, 0.3) is 11.1 Å². The summed E-state index contributed by atoms with van der Waals surface area (Å²) in [5.41, 5.74) is 2.02. The number of nitriles is 1. The molecular weight excluding hydrogens is 481 g/mol. The lowest BCUT2D eigenvalue weighted by Gasteiger charge is -2.19. The second-order valence-corrected chi connectivity index (χ2v) is 10.9. The molecule has 36 heavy (non-hydrogen) atoms. The van der Waals surface area contributed by atoms with Gasteiger partial charge in [-0.15, -0.1) is 0 Å². The van der Waals surface area contributed by atoms with E-state index in [2.05, 4.69) is 15.8 Å². The van der Waals surface area contributed by atoms with Gasteiger partial charge in [0, 0.05) is 12.3 Å². The molecule has 0 bridgehead atoms. The topological polar surface area (TPSA) is 109 Å². The molecular formula is C27H28FN3O4S. The van der Waals surface area contributed by atoms with Gasteiger partial charge in [0.2, 0.25) is 11.8 Å². The highest BCUT2D eigenvalue weighted by Gasteiger charge is 2.24. The zero-order chi connectivity index (χ0) is 26.7. The molecule has 0 aliphatic rings. The molecule has 2 aromatic carbocycles. The molecule has 0 aliphatic carbocycles. The van der Waals surface area contributed by atoms with Crippen molar-refractivity contribution in [1.29, 1.82) is 5.26 Å². The second-order valence-electron chi connectivity index (χ2n) is 9.23. The van der Waals surface area contributed by atoms with Gasteiger partial charge in [-0.1, -0.05) is 26.0 Å². The number of nitrogens with zero attached hydrogens (tertiary/aromatic N) is 2. The quantitative estimate of drug-likeness (QED) is 0.464. The number of methoxy groups -OCH3 is 1. The van der Waals surface area contributed by atoms with Crippen LogP contribution >= 0.6 is 0 Å². The monoisotopic (exact) mass is 509 g/mol. The third kappa shape index (κ3) is 5.89. The van der Waals surface area contributed by atoms with Crippen molar-refractivity contribution < 1.29 is 22.3 Å². The SMILES string of the molecule is COc1cc(-c2cc(F)cc(C(C)C)c2CC(=O)NS(=O)(=O)c2ccc(C(C)(C)C#N)cc2)ccn1. The summed E-state index contributed by atoms with van der Waals surface area (Å²) in [6, 6.07) is 13.9. The van der Waals surface area contributed by atoms with Gasteiger partial charge in [0.1, 0.15) is 5.82 Å². The van der Waals surface area contributed by atoms with E-state index in [0.717, 1.165) is 0 Å². The lowest BCUT2D eigenvalue weighted by molar-refractivity contribution is -0.118. The minimum Gasteiger partial charge on any atom is -0.481 e. The van der Waals surface area contributed by atoms with E-state index in [1.807, 2.05) is 13.8 Å². The lowest BCUT2D eigenvalue weighted by Crippen LogP contribution is -2.32. The van der Waals surface area contributed by atoms with E-state index in [-0.39, 0.29) is 17.2 Å². The molecule has 1 amide bonds. The normalized spacial score (nSPS) is 11.7. The van der Waals surface area contributed by atoms with Crippen molar-refractivity contribution in [2.75, 3.05) is 7.11 Å². The molecule has 0 atom stereocenters. The van der Waals surface area contributed by atoms with Crippen molar-refractivity contribution in [3.05, 3.63) is 77.2 Å². The Morgan fingerprint density at radius 2 is 1.83 bits per heavy atom. The molecule has 0 radical (unpaired) electrons. The summed E-state index contributed by atoms with van der Waals surface area (Å²) in [5.74, 6) is -1.03. The van der Waals surface area contributed by atoms with Crippen molar-refractivity contribution in [2.24, 2.45) is 0 Å². The number of hydrogen-bond donors (Lipinski definition) is 1. The van der Waals surface area contributed by atoms with Gasteiger partial charge in [0.25, 0.3) is 10.0 Å². The van der Waals surface area contributed by atoms with Gasteiger partial charge in [0.15, 0.2) is 0 Å². The van der Waals surface area contributed by atoms with E-state index in [1.165, 1.54) is 37.6 Å². The van der Waals surface area contributed by atoms with Crippen LogP contribution in [0.3, 0.4) is 0 Å². The summed E-state index contributed by atoms with van der Waals surface area (Å²) >= 11 is 0. The average Bonchev–Trinajstić information content (AvgIpc) is 2.84. The number of carbonyl (C=O) groups is 1. The Morgan fingerprint density at radius 1 is 1.17 bits per heavy atom. The second kappa shape index (κ2) is 10.5. The smallest absolute Gasteiger partial charge is 0.264 e. The number of sulfonamides is 1. The van der Waals surface area contributed by atoms with Crippen LogP contribution in [0.15, 0.2) is 59.6 Å². The van der Waals surface area contributed by atoms with E-state index in [4.69, 9.17) is 4.74 Å². The molecule has 7 nitrogen and oxygen atoms in total. The van der Waals surface area contributed by atoms with Crippen molar-refractivity contribution in [3.8, 4) is 23.1 Å². The molecule has 9 heteroatoms. The maximum Gasteiger partial charge on any atom is 0.264 e. The number of aromatic nitrogens is 1. The van der Waals surface area contributed by atoms with Crippen LogP contribution in [0, 0.1) is 17.1 Å². The van der Waals surface area contributed by atoms with Crippen molar-refractivity contribution in [2.45, 2.75) is 50.3 Å². The summed E-state index contributed by atoms with van der Waals surface area (Å²) < 4.78 is 47.6. The highest BCUT2D eigenvalue weighted by molar-refractivity contribution is 7.90. The summed E-state index contributed by atoms with van der Waals surface area (Å²) in [6.07, 6.45) is 1.23. The van der Waals surface area contributed by atoms with Gasteiger partial charge in [-0.25, -0.2) is 22.5 Å². The molecule has 3 aromatic rings. The van der Waals surface area contributed by atoms with Crippen molar-refractivity contribution in [3.63, 3.8) is 0 Å². The zero-order valence-electron chi connectivity index (χ0n) is 20.8. The number of nitrogens with one attached hydrogen (secondary N) is 1. The molecule has 0 saturated carbocycles. The average molecular weight is 510 g/mol. The van der Waals surface area contributed by atoms with Gasteiger partial charge in [-0.05, 0) is 77.9 Å². The summed E-state index contributed by atoms with van der Waals surface area (Å²) in [7, 11) is -2.70. The molecule has 0 unspecified atom stereocenters. The fourth-order valence-electron chi connectivity index (χ4n) is 3.84. The largest absolute Gasteiger partial charge is 0.481 e. The molecule has 188 valence electrons. The number of benzene rings is 2. The highest BCUT2D eigenvalue weighted by atomic mass is 32.2. The Hall–Kier alpha value is -3.77. The number of hydrogen-bond acceptors (Lipinski definition) is 6. The number of carbonyl (C=O) groups excluding carboxylic acids is 1. The molecule has 0 aliphatic heterocycles. The predicted molar refractivity (Wildman–Crippen MR) is 134 cm³/mol. The molecule has 0 spiro atoms. The number of ether oxygens (including phenoxy) is 1. The van der Waals surface area contributed by atoms with E-state index in [9.17, 15) is 22.9 Å². The summed E-state index contributed by atoms with van der Waals surface area (Å²) in [6.45, 7) is 7.19. The first-order valence-electron chi connectivity index (χ1n) is 11.3. The predicted octanol–water partition coefficient (Wildman–Crippen LogP) is 4.87. The maximum absolute atomic E-state index is 14.5. The van der Waals surface area contributed by atoms with E-state index in [0.29, 0.717) is 33.7 Å². The Labute approximate surface area is 211 Å². The van der Waals surface area contributed by atoms with Crippen LogP contribution in [-0.4, -0.2) is 26.4 Å². The standard InChI is InChI=1S/C27H28FN3O4S/c1-17(2)22-13-20(28)14-23(18-10-11-30-26(12-18)35-5)24(22)15-25(32)31-36(33,34)21-8-6-19(7-9-21)27(3,4)16-29/h6-14,17H,15H2,1-5H3,(H,31,32). The first-order valence-corrected chi connectivity index (χ1v) is 12.8. The molecule has 1 aromatic heterocycles. The third-order valence-electron chi connectivity index (χ3n) is 5.88. The number of pyridine rings is 1. The van der Waals surface area contributed by atoms with Crippen LogP contribution in [-0.2, 0) is 26.7 Å². The van der Waals surface area contributed by atoms with Crippen LogP contribution in [0.1, 0.15) is 50.3 Å². The molecule has 0 saturated heterocycles. The number of amides is 1. The number of halogens is 1. The first kappa shape index (κ1) is 26.8. The summed E-state index contributed by atoms with van der Waals surface area (Å²) in [4.78, 5) is 16.9. The summed E-state index contributed by atoms with van der Waals surface area (Å²) in [5, 5.41) is 9.29. The van der Waals surface area contributed by atoms with E-state index < -0.39 is 27.2 Å². The molecule has 3 rings (SSSR count). The fourth-order valence-corrected chi connectivity index (χ4v) is 4.82. The maximum atomic E-state index is 14.5. The van der Waals surface area contributed by atoms with Gasteiger partial charge in [-0.3, -0.25) is 4.79 Å². The van der Waals surface area contributed by atoms with Crippen LogP contribution in [0.4, 0.5) is 4.39 Å². The molecule has 1 heterocycles. The van der Waals surface area contributed by atoms with Crippen molar-refractivity contribution >= 4 is 15.9 Å². The molecule has 1 N–H and O–H groups in total. The lowest BCUT2D eigenvalue weighted by atomic mass is 9.87. The Bertz CT molecular complexity index is 1430. The van der Waals surface area contributed by atoms with Gasteiger partial charge < -0.3 is 4.74 Å². The Balaban J connectivity index is 1.95. The van der Waals surface area contributed by atoms with Crippen LogP contribution in [0.5, 0.6) is 5.88 Å². The van der Waals surface area contributed by atoms with E-state index in [1.54, 1.807) is 38.1 Å². The Kier molecular flexibility index (Phi) is 7.80. The van der Waals surface area contributed by atoms with Crippen LogP contribution < -0.4 is 9.46 Å². The fraction of sp³-hybridized carbons (Fsp3) is 0.296. The zero-order valence-corrected chi connectivity index (χ0v) is 21.6. The highest BCUT2D eigenvalue weighted by Crippen LogP contribution is 2.33. The minimum atomic E-state index is -4.16. The van der Waals surface area contributed by atoms with Crippen molar-refractivity contribution in [1.82, 2.24) is 9.71 Å². The van der Waals surface area contributed by atoms with Gasteiger partial charge in [-0.2, -0.15) is 5.26 Å². The van der Waals surface area contributed by atoms with Gasteiger partial charge in [0.05, 0.1) is 29.9 Å². The molecule has 0 fully saturated rings.